The van der Waals surface area contributed by atoms with E-state index in [4.69, 9.17) is 28.4 Å². The Morgan fingerprint density at radius 3 is 1.17 bits per heavy atom. The Hall–Kier alpha value is -5.58. The van der Waals surface area contributed by atoms with Gasteiger partial charge in [-0.1, -0.05) is 50.6 Å². The third-order valence-electron chi connectivity index (χ3n) is 6.15. The fraction of sp³-hybridized carbons (Fsp3) is 0.167. The van der Waals surface area contributed by atoms with Gasteiger partial charge in [0.1, 0.15) is 23.0 Å². The van der Waals surface area contributed by atoms with Crippen molar-refractivity contribution >= 4 is 23.9 Å². The molecule has 0 radical (unpaired) electrons. The maximum Gasteiger partial charge on any atom is 0.341 e. The molecule has 10 nitrogen and oxygen atoms in total. The Balaban J connectivity index is 1.99. The first-order valence-corrected chi connectivity index (χ1v) is 13.8. The first kappa shape index (κ1) is 34.9. The van der Waals surface area contributed by atoms with E-state index in [2.05, 4.69) is 26.3 Å². The number of rotatable bonds is 14. The van der Waals surface area contributed by atoms with Crippen LogP contribution in [-0.4, -0.2) is 51.3 Å². The number of esters is 4. The lowest BCUT2D eigenvalue weighted by molar-refractivity contribution is -0.131. The summed E-state index contributed by atoms with van der Waals surface area (Å²) in [5.74, 6) is -2.21. The van der Waals surface area contributed by atoms with Crippen molar-refractivity contribution in [2.75, 3.05) is 27.4 Å². The van der Waals surface area contributed by atoms with Crippen molar-refractivity contribution in [3.63, 3.8) is 0 Å². The van der Waals surface area contributed by atoms with Crippen LogP contribution in [0, 0.1) is 0 Å². The Morgan fingerprint density at radius 2 is 0.870 bits per heavy atom. The van der Waals surface area contributed by atoms with Gasteiger partial charge in [0.2, 0.25) is 0 Å². The highest BCUT2D eigenvalue weighted by molar-refractivity contribution is 5.93. The van der Waals surface area contributed by atoms with Gasteiger partial charge >= 0.3 is 23.9 Å². The van der Waals surface area contributed by atoms with Crippen LogP contribution in [0.1, 0.15) is 13.8 Å². The summed E-state index contributed by atoms with van der Waals surface area (Å²) in [5.41, 5.74) is 2.90. The molecule has 0 heterocycles. The minimum atomic E-state index is -0.694. The normalized spacial score (nSPS) is 10.3. The number of hydrogen-bond acceptors (Lipinski definition) is 10. The van der Waals surface area contributed by atoms with Gasteiger partial charge in [-0.3, -0.25) is 0 Å². The third kappa shape index (κ3) is 9.21. The zero-order valence-electron chi connectivity index (χ0n) is 26.1. The van der Waals surface area contributed by atoms with Crippen molar-refractivity contribution in [1.82, 2.24) is 0 Å². The maximum absolute atomic E-state index is 12.4. The van der Waals surface area contributed by atoms with Crippen LogP contribution >= 0.6 is 0 Å². The lowest BCUT2D eigenvalue weighted by Crippen LogP contribution is -2.14. The highest BCUT2D eigenvalue weighted by Crippen LogP contribution is 2.38. The second kappa shape index (κ2) is 15.9. The zero-order valence-corrected chi connectivity index (χ0v) is 26.1. The number of ether oxygens (including phenoxy) is 6. The maximum atomic E-state index is 12.4. The van der Waals surface area contributed by atoms with Crippen molar-refractivity contribution in [3.8, 4) is 45.3 Å². The molecule has 0 unspecified atom stereocenters. The molecular formula is C36H34O10. The Kier molecular flexibility index (Phi) is 12.1. The van der Waals surface area contributed by atoms with Crippen molar-refractivity contribution < 1.29 is 47.6 Å². The molecule has 3 aromatic carbocycles. The molecule has 10 heteroatoms. The van der Waals surface area contributed by atoms with Gasteiger partial charge in [-0.2, -0.15) is 0 Å². The molecule has 3 aromatic rings. The van der Waals surface area contributed by atoms with E-state index in [1.807, 2.05) is 0 Å². The van der Waals surface area contributed by atoms with Crippen LogP contribution in [0.5, 0.6) is 23.0 Å². The molecule has 3 rings (SSSR count). The molecular weight excluding hydrogens is 592 g/mol. The highest BCUT2D eigenvalue weighted by atomic mass is 16.6. The number of carbonyl (C=O) groups excluding carboxylic acids is 4. The van der Waals surface area contributed by atoms with E-state index in [1.54, 1.807) is 48.5 Å². The smallest absolute Gasteiger partial charge is 0.341 e. The molecule has 46 heavy (non-hydrogen) atoms. The van der Waals surface area contributed by atoms with E-state index in [1.165, 1.54) is 40.2 Å². The molecule has 0 amide bonds. The Morgan fingerprint density at radius 1 is 0.522 bits per heavy atom. The average molecular weight is 627 g/mol. The molecule has 238 valence electrons. The second-order valence-electron chi connectivity index (χ2n) is 10.1. The summed E-state index contributed by atoms with van der Waals surface area (Å²) in [6.07, 6.45) is 0. The molecule has 0 fully saturated rings. The van der Waals surface area contributed by atoms with Gasteiger partial charge in [-0.05, 0) is 49.2 Å². The van der Waals surface area contributed by atoms with Crippen molar-refractivity contribution in [1.29, 1.82) is 0 Å². The molecule has 0 aliphatic heterocycles. The first-order valence-electron chi connectivity index (χ1n) is 13.8. The van der Waals surface area contributed by atoms with Gasteiger partial charge in [0.25, 0.3) is 0 Å². The van der Waals surface area contributed by atoms with E-state index < -0.39 is 23.9 Å². The van der Waals surface area contributed by atoms with E-state index in [-0.39, 0.29) is 58.5 Å². The highest BCUT2D eigenvalue weighted by Gasteiger charge is 2.19. The lowest BCUT2D eigenvalue weighted by Gasteiger charge is -2.15. The average Bonchev–Trinajstić information content (AvgIpc) is 3.01. The summed E-state index contributed by atoms with van der Waals surface area (Å²) < 4.78 is 31.7. The molecule has 0 spiro atoms. The van der Waals surface area contributed by atoms with E-state index >= 15 is 0 Å². The van der Waals surface area contributed by atoms with Gasteiger partial charge in [0, 0.05) is 48.6 Å². The minimum absolute atomic E-state index is 0.00705. The number of methoxy groups -OCH3 is 2. The summed E-state index contributed by atoms with van der Waals surface area (Å²) in [6.45, 7) is 17.5. The molecule has 0 saturated heterocycles. The van der Waals surface area contributed by atoms with Crippen LogP contribution in [0.2, 0.25) is 0 Å². The standard InChI is InChI=1S/C36H34O10/c1-21(2)33(37)45-31-17-27(43-35(39)23(5)19-41-7)13-15-29(31)25-9-11-26(12-10-25)30-16-14-28(44-36(40)24(6)20-42-8)18-32(30)46-34(38)22(3)4/h9-18H,1,3,5-6,19-20H2,2,4,7-8H3. The lowest BCUT2D eigenvalue weighted by atomic mass is 9.99. The third-order valence-corrected chi connectivity index (χ3v) is 6.15. The molecule has 0 aromatic heterocycles. The summed E-state index contributed by atoms with van der Waals surface area (Å²) >= 11 is 0. The van der Waals surface area contributed by atoms with E-state index in [0.29, 0.717) is 22.3 Å². The topological polar surface area (TPSA) is 124 Å². The van der Waals surface area contributed by atoms with Gasteiger partial charge in [-0.25, -0.2) is 19.2 Å². The molecule has 0 saturated carbocycles. The fourth-order valence-corrected chi connectivity index (χ4v) is 3.81. The number of carbonyl (C=O) groups is 4. The van der Waals surface area contributed by atoms with Gasteiger partial charge in [0.05, 0.1) is 24.4 Å². The molecule has 0 atom stereocenters. The molecule has 0 N–H and O–H groups in total. The number of hydrogen-bond donors (Lipinski definition) is 0. The van der Waals surface area contributed by atoms with Crippen LogP contribution in [-0.2, 0) is 28.7 Å². The quantitative estimate of drug-likeness (QED) is 0.116. The SMILES string of the molecule is C=C(C)C(=O)Oc1cc(OC(=O)C(=C)COC)ccc1-c1ccc(-c2ccc(OC(=O)C(=C)COC)cc2OC(=O)C(=C)C)cc1. The molecule has 0 aliphatic carbocycles. The molecule has 0 aliphatic rings. The van der Waals surface area contributed by atoms with E-state index in [0.717, 1.165) is 0 Å². The van der Waals surface area contributed by atoms with E-state index in [9.17, 15) is 19.2 Å². The second-order valence-corrected chi connectivity index (χ2v) is 10.1. The Labute approximate surface area is 267 Å². The predicted molar refractivity (Wildman–Crippen MR) is 172 cm³/mol. The summed E-state index contributed by atoms with van der Waals surface area (Å²) in [6, 6.07) is 16.3. The number of benzene rings is 3. The van der Waals surface area contributed by atoms with Gasteiger partial charge < -0.3 is 28.4 Å². The largest absolute Gasteiger partial charge is 0.423 e. The first-order chi connectivity index (χ1) is 21.8. The van der Waals surface area contributed by atoms with Gasteiger partial charge in [-0.15, -0.1) is 0 Å². The van der Waals surface area contributed by atoms with Crippen LogP contribution in [0.3, 0.4) is 0 Å². The predicted octanol–water partition coefficient (Wildman–Crippen LogP) is 6.20. The monoisotopic (exact) mass is 626 g/mol. The van der Waals surface area contributed by atoms with Crippen molar-refractivity contribution in [2.24, 2.45) is 0 Å². The molecule has 0 bridgehead atoms. The van der Waals surface area contributed by atoms with Crippen molar-refractivity contribution in [3.05, 3.63) is 109 Å². The van der Waals surface area contributed by atoms with Crippen molar-refractivity contribution in [2.45, 2.75) is 13.8 Å². The zero-order chi connectivity index (χ0) is 34.0. The summed E-state index contributed by atoms with van der Waals surface area (Å²) in [4.78, 5) is 49.6. The Bertz CT molecular complexity index is 1590. The van der Waals surface area contributed by atoms with Crippen LogP contribution in [0.25, 0.3) is 22.3 Å². The van der Waals surface area contributed by atoms with Gasteiger partial charge in [0.15, 0.2) is 0 Å². The van der Waals surface area contributed by atoms with Crippen LogP contribution in [0.4, 0.5) is 0 Å². The fourth-order valence-electron chi connectivity index (χ4n) is 3.81. The van der Waals surface area contributed by atoms with Crippen LogP contribution < -0.4 is 18.9 Å². The minimum Gasteiger partial charge on any atom is -0.423 e. The summed E-state index contributed by atoms with van der Waals surface area (Å²) in [7, 11) is 2.86. The van der Waals surface area contributed by atoms with Crippen LogP contribution in [0.15, 0.2) is 109 Å². The summed E-state index contributed by atoms with van der Waals surface area (Å²) in [5, 5.41) is 0.